The number of aromatic nitrogens is 3. The van der Waals surface area contributed by atoms with Crippen LogP contribution in [0.3, 0.4) is 0 Å². The summed E-state index contributed by atoms with van der Waals surface area (Å²) in [5.74, 6) is 0.686. The summed E-state index contributed by atoms with van der Waals surface area (Å²) in [6.07, 6.45) is 0. The highest BCUT2D eigenvalue weighted by atomic mass is 32.1. The highest BCUT2D eigenvalue weighted by molar-refractivity contribution is 7.26. The standard InChI is InChI=1S/C47H27N3OS/c1-3-12-28(13-4-1)38-27-39(34-18-11-21-41-43(34)35-17-8-10-20-40(35)51-41)50-47(49-38)30-22-23-31-32-24-25-36-44(46(32)52-42(31)26-30)33-16-7-9-19-37(33)48-45(36)29-14-5-2-6-15-29/h1-27H. The van der Waals surface area contributed by atoms with Gasteiger partial charge in [0.05, 0.1) is 22.6 Å². The van der Waals surface area contributed by atoms with Gasteiger partial charge in [-0.05, 0) is 30.3 Å². The molecule has 0 saturated carbocycles. The molecule has 0 aliphatic heterocycles. The molecule has 52 heavy (non-hydrogen) atoms. The predicted octanol–water partition coefficient (Wildman–Crippen LogP) is 13.1. The highest BCUT2D eigenvalue weighted by Crippen LogP contribution is 2.44. The Kier molecular flexibility index (Phi) is 6.39. The molecule has 0 fully saturated rings. The van der Waals surface area contributed by atoms with E-state index in [1.54, 1.807) is 0 Å². The lowest BCUT2D eigenvalue weighted by atomic mass is 9.98. The maximum Gasteiger partial charge on any atom is 0.160 e. The van der Waals surface area contributed by atoms with E-state index < -0.39 is 0 Å². The number of hydrogen-bond donors (Lipinski definition) is 0. The van der Waals surface area contributed by atoms with Crippen LogP contribution in [0.2, 0.25) is 0 Å². The molecule has 7 aromatic carbocycles. The van der Waals surface area contributed by atoms with Gasteiger partial charge < -0.3 is 4.42 Å². The second-order valence-corrected chi connectivity index (χ2v) is 14.2. The fourth-order valence-electron chi connectivity index (χ4n) is 7.68. The summed E-state index contributed by atoms with van der Waals surface area (Å²) >= 11 is 1.83. The smallest absolute Gasteiger partial charge is 0.160 e. The number of fused-ring (bicyclic) bond motifs is 10. The second kappa shape index (κ2) is 11.4. The topological polar surface area (TPSA) is 51.8 Å². The minimum atomic E-state index is 0.686. The van der Waals surface area contributed by atoms with Gasteiger partial charge in [-0.1, -0.05) is 133 Å². The van der Waals surface area contributed by atoms with Gasteiger partial charge in [-0.15, -0.1) is 11.3 Å². The van der Waals surface area contributed by atoms with Crippen LogP contribution in [0.25, 0.3) is 109 Å². The van der Waals surface area contributed by atoms with E-state index in [1.165, 1.54) is 30.9 Å². The summed E-state index contributed by atoms with van der Waals surface area (Å²) in [5.41, 5.74) is 9.60. The van der Waals surface area contributed by atoms with Crippen molar-refractivity contribution in [3.05, 3.63) is 164 Å². The largest absolute Gasteiger partial charge is 0.456 e. The molecule has 0 unspecified atom stereocenters. The number of benzene rings is 7. The van der Waals surface area contributed by atoms with E-state index in [4.69, 9.17) is 19.4 Å². The zero-order valence-corrected chi connectivity index (χ0v) is 28.6. The molecule has 0 saturated heterocycles. The highest BCUT2D eigenvalue weighted by Gasteiger charge is 2.19. The van der Waals surface area contributed by atoms with E-state index in [0.29, 0.717) is 5.82 Å². The van der Waals surface area contributed by atoms with E-state index in [9.17, 15) is 0 Å². The number of hydrogen-bond acceptors (Lipinski definition) is 5. The normalized spacial score (nSPS) is 11.8. The first kappa shape index (κ1) is 29.1. The quantitative estimate of drug-likeness (QED) is 0.174. The molecule has 11 rings (SSSR count). The maximum absolute atomic E-state index is 6.27. The van der Waals surface area contributed by atoms with E-state index in [-0.39, 0.29) is 0 Å². The molecule has 0 aliphatic rings. The summed E-state index contributed by atoms with van der Waals surface area (Å²) in [6.45, 7) is 0. The molecular formula is C47H27N3OS. The van der Waals surface area contributed by atoms with Crippen LogP contribution < -0.4 is 0 Å². The Morgan fingerprint density at radius 1 is 0.423 bits per heavy atom. The fraction of sp³-hybridized carbons (Fsp3) is 0. The SMILES string of the molecule is c1ccc(-c2cc(-c3cccc4oc5ccccc5c34)nc(-c3ccc4c(c3)sc3c4ccc4c(-c5ccccc5)nc5ccccc5c43)n2)cc1. The Labute approximate surface area is 302 Å². The molecular weight excluding hydrogens is 655 g/mol. The summed E-state index contributed by atoms with van der Waals surface area (Å²) < 4.78 is 8.72. The third-order valence-corrected chi connectivity index (χ3v) is 11.3. The minimum absolute atomic E-state index is 0.686. The van der Waals surface area contributed by atoms with Gasteiger partial charge in [0.2, 0.25) is 0 Å². The summed E-state index contributed by atoms with van der Waals surface area (Å²) in [5, 5.41) is 8.17. The Balaban J connectivity index is 1.14. The third-order valence-electron chi connectivity index (χ3n) is 10.1. The fourth-order valence-corrected chi connectivity index (χ4v) is 8.99. The van der Waals surface area contributed by atoms with Crippen molar-refractivity contribution in [2.75, 3.05) is 0 Å². The molecule has 0 amide bonds. The predicted molar refractivity (Wildman–Crippen MR) is 217 cm³/mol. The average Bonchev–Trinajstić information content (AvgIpc) is 3.79. The molecule has 11 aromatic rings. The summed E-state index contributed by atoms with van der Waals surface area (Å²) in [7, 11) is 0. The molecule has 0 aliphatic carbocycles. The molecule has 0 N–H and O–H groups in total. The zero-order valence-electron chi connectivity index (χ0n) is 27.7. The van der Waals surface area contributed by atoms with Crippen molar-refractivity contribution in [3.63, 3.8) is 0 Å². The number of rotatable bonds is 4. The first-order valence-electron chi connectivity index (χ1n) is 17.4. The van der Waals surface area contributed by atoms with E-state index in [2.05, 4.69) is 133 Å². The van der Waals surface area contributed by atoms with Gasteiger partial charge in [0, 0.05) is 69.4 Å². The maximum atomic E-state index is 6.27. The van der Waals surface area contributed by atoms with Crippen LogP contribution in [0.4, 0.5) is 0 Å². The minimum Gasteiger partial charge on any atom is -0.456 e. The van der Waals surface area contributed by atoms with Gasteiger partial charge in [-0.3, -0.25) is 0 Å². The second-order valence-electron chi connectivity index (χ2n) is 13.1. The molecule has 4 aromatic heterocycles. The van der Waals surface area contributed by atoms with Crippen molar-refractivity contribution in [1.29, 1.82) is 0 Å². The van der Waals surface area contributed by atoms with Gasteiger partial charge >= 0.3 is 0 Å². The molecule has 0 spiro atoms. The third kappa shape index (κ3) is 4.50. The van der Waals surface area contributed by atoms with Crippen molar-refractivity contribution < 1.29 is 4.42 Å². The first-order chi connectivity index (χ1) is 25.8. The number of nitrogens with zero attached hydrogens (tertiary/aromatic N) is 3. The van der Waals surface area contributed by atoms with Crippen molar-refractivity contribution in [2.24, 2.45) is 0 Å². The summed E-state index contributed by atoms with van der Waals surface area (Å²) in [6, 6.07) is 57.0. The van der Waals surface area contributed by atoms with Gasteiger partial charge in [-0.25, -0.2) is 15.0 Å². The number of pyridine rings is 1. The van der Waals surface area contributed by atoms with Crippen LogP contribution in [0.5, 0.6) is 0 Å². The first-order valence-corrected chi connectivity index (χ1v) is 18.2. The molecule has 4 nitrogen and oxygen atoms in total. The molecule has 0 bridgehead atoms. The Bertz CT molecular complexity index is 3180. The Morgan fingerprint density at radius 3 is 1.98 bits per heavy atom. The van der Waals surface area contributed by atoms with Gasteiger partial charge in [-0.2, -0.15) is 0 Å². The lowest BCUT2D eigenvalue weighted by Gasteiger charge is -2.11. The van der Waals surface area contributed by atoms with Gasteiger partial charge in [0.1, 0.15) is 11.2 Å². The number of para-hydroxylation sites is 2. The van der Waals surface area contributed by atoms with Crippen LogP contribution in [-0.2, 0) is 0 Å². The Morgan fingerprint density at radius 2 is 1.12 bits per heavy atom. The molecule has 242 valence electrons. The van der Waals surface area contributed by atoms with Gasteiger partial charge in [0.25, 0.3) is 0 Å². The zero-order chi connectivity index (χ0) is 34.2. The van der Waals surface area contributed by atoms with Crippen molar-refractivity contribution >= 4 is 75.1 Å². The lowest BCUT2D eigenvalue weighted by molar-refractivity contribution is 0.669. The monoisotopic (exact) mass is 681 g/mol. The summed E-state index contributed by atoms with van der Waals surface area (Å²) in [4.78, 5) is 15.6. The van der Waals surface area contributed by atoms with Crippen molar-refractivity contribution in [2.45, 2.75) is 0 Å². The van der Waals surface area contributed by atoms with Crippen LogP contribution in [0.1, 0.15) is 0 Å². The van der Waals surface area contributed by atoms with Crippen LogP contribution in [0.15, 0.2) is 168 Å². The molecule has 0 atom stereocenters. The van der Waals surface area contributed by atoms with Gasteiger partial charge in [0.15, 0.2) is 5.82 Å². The molecule has 5 heteroatoms. The van der Waals surface area contributed by atoms with E-state index >= 15 is 0 Å². The van der Waals surface area contributed by atoms with E-state index in [1.807, 2.05) is 41.7 Å². The average molecular weight is 682 g/mol. The van der Waals surface area contributed by atoms with Crippen LogP contribution in [0, 0.1) is 0 Å². The lowest BCUT2D eigenvalue weighted by Crippen LogP contribution is -1.96. The van der Waals surface area contributed by atoms with Crippen LogP contribution in [-0.4, -0.2) is 15.0 Å². The number of furan rings is 1. The van der Waals surface area contributed by atoms with Crippen LogP contribution >= 0.6 is 11.3 Å². The molecule has 0 radical (unpaired) electrons. The Hall–Kier alpha value is -6.69. The molecule has 4 heterocycles. The van der Waals surface area contributed by atoms with Crippen molar-refractivity contribution in [1.82, 2.24) is 15.0 Å². The number of thiophene rings is 1. The van der Waals surface area contributed by atoms with Crippen molar-refractivity contribution in [3.8, 4) is 45.2 Å². The van der Waals surface area contributed by atoms with E-state index in [0.717, 1.165) is 72.2 Å².